The summed E-state index contributed by atoms with van der Waals surface area (Å²) in [5.74, 6) is 0. The van der Waals surface area contributed by atoms with Crippen molar-refractivity contribution in [2.75, 3.05) is 18.0 Å². The molecule has 2 rings (SSSR count). The lowest BCUT2D eigenvalue weighted by molar-refractivity contribution is 0.112. The zero-order chi connectivity index (χ0) is 10.8. The zero-order valence-electron chi connectivity index (χ0n) is 8.52. The number of nitrogens with zero attached hydrogens (tertiary/aromatic N) is 1. The molecule has 1 aliphatic heterocycles. The summed E-state index contributed by atoms with van der Waals surface area (Å²) < 4.78 is 0. The Hall–Kier alpha value is -1.29. The highest BCUT2D eigenvalue weighted by Crippen LogP contribution is 2.20. The van der Waals surface area contributed by atoms with Crippen molar-refractivity contribution in [2.24, 2.45) is 5.73 Å². The average Bonchev–Trinajstić information content (AvgIpc) is 2.64. The second kappa shape index (κ2) is 4.07. The van der Waals surface area contributed by atoms with Crippen molar-refractivity contribution >= 4 is 25.3 Å². The molecule has 4 heteroatoms. The van der Waals surface area contributed by atoms with E-state index < -0.39 is 0 Å². The molecule has 0 saturated carbocycles. The standard InChI is InChI=1S/C11H13BN2O/c12-10-3-1-2-8(7-15)11(10)14-5-4-9(13)6-14/h1-3,7,9H,4-6,13H2/t9-/m0/s1. The number of nitrogens with two attached hydrogens (primary N) is 1. The first-order chi connectivity index (χ1) is 7.22. The Kier molecular flexibility index (Phi) is 2.78. The summed E-state index contributed by atoms with van der Waals surface area (Å²) >= 11 is 0. The summed E-state index contributed by atoms with van der Waals surface area (Å²) in [6.45, 7) is 1.64. The van der Waals surface area contributed by atoms with Gasteiger partial charge >= 0.3 is 0 Å². The fraction of sp³-hybridized carbons (Fsp3) is 0.364. The van der Waals surface area contributed by atoms with Gasteiger partial charge in [-0.15, -0.1) is 0 Å². The van der Waals surface area contributed by atoms with Crippen molar-refractivity contribution in [3.05, 3.63) is 23.8 Å². The third kappa shape index (κ3) is 1.90. The van der Waals surface area contributed by atoms with Crippen molar-refractivity contribution in [1.82, 2.24) is 0 Å². The summed E-state index contributed by atoms with van der Waals surface area (Å²) in [6, 6.07) is 5.57. The number of benzene rings is 1. The lowest BCUT2D eigenvalue weighted by atomic mass is 9.91. The maximum atomic E-state index is 10.9. The molecule has 1 fully saturated rings. The third-order valence-electron chi connectivity index (χ3n) is 2.77. The van der Waals surface area contributed by atoms with Crippen LogP contribution in [0, 0.1) is 0 Å². The summed E-state index contributed by atoms with van der Waals surface area (Å²) in [6.07, 6.45) is 1.79. The molecule has 2 N–H and O–H groups in total. The van der Waals surface area contributed by atoms with E-state index >= 15 is 0 Å². The van der Waals surface area contributed by atoms with Crippen molar-refractivity contribution < 1.29 is 4.79 Å². The first kappa shape index (κ1) is 10.2. The summed E-state index contributed by atoms with van der Waals surface area (Å²) in [7, 11) is 5.88. The molecule has 76 valence electrons. The van der Waals surface area contributed by atoms with Gasteiger partial charge in [-0.25, -0.2) is 0 Å². The fourth-order valence-electron chi connectivity index (χ4n) is 2.03. The van der Waals surface area contributed by atoms with Crippen LogP contribution in [-0.2, 0) is 0 Å². The largest absolute Gasteiger partial charge is 0.370 e. The molecule has 15 heavy (non-hydrogen) atoms. The average molecular weight is 200 g/mol. The Balaban J connectivity index is 2.37. The lowest BCUT2D eigenvalue weighted by Gasteiger charge is -2.22. The summed E-state index contributed by atoms with van der Waals surface area (Å²) in [5.41, 5.74) is 7.96. The topological polar surface area (TPSA) is 46.3 Å². The second-order valence-electron chi connectivity index (χ2n) is 3.90. The SMILES string of the molecule is [B]c1cccc(C=O)c1N1CC[C@H](N)C1. The molecular weight excluding hydrogens is 187 g/mol. The lowest BCUT2D eigenvalue weighted by Crippen LogP contribution is -2.30. The summed E-state index contributed by atoms with van der Waals surface area (Å²) in [5, 5.41) is 0. The van der Waals surface area contributed by atoms with E-state index in [1.807, 2.05) is 6.07 Å². The van der Waals surface area contributed by atoms with E-state index in [2.05, 4.69) is 4.90 Å². The molecular formula is C11H13BN2O. The number of rotatable bonds is 2. The van der Waals surface area contributed by atoms with E-state index in [1.165, 1.54) is 0 Å². The monoisotopic (exact) mass is 200 g/mol. The third-order valence-corrected chi connectivity index (χ3v) is 2.77. The van der Waals surface area contributed by atoms with Crippen LogP contribution in [0.1, 0.15) is 16.8 Å². The van der Waals surface area contributed by atoms with Crippen molar-refractivity contribution in [2.45, 2.75) is 12.5 Å². The molecule has 0 aliphatic carbocycles. The normalized spacial score (nSPS) is 20.6. The van der Waals surface area contributed by atoms with Crippen LogP contribution in [0.25, 0.3) is 0 Å². The van der Waals surface area contributed by atoms with Crippen LogP contribution in [0.4, 0.5) is 5.69 Å². The van der Waals surface area contributed by atoms with Crippen LogP contribution in [0.2, 0.25) is 0 Å². The van der Waals surface area contributed by atoms with E-state index in [0.717, 1.165) is 31.5 Å². The number of aldehydes is 1. The van der Waals surface area contributed by atoms with Crippen molar-refractivity contribution in [3.8, 4) is 0 Å². The van der Waals surface area contributed by atoms with E-state index in [0.29, 0.717) is 11.0 Å². The molecule has 0 unspecified atom stereocenters. The number of anilines is 1. The molecule has 1 aromatic rings. The van der Waals surface area contributed by atoms with E-state index in [-0.39, 0.29) is 6.04 Å². The Bertz CT molecular complexity index is 381. The Labute approximate surface area is 90.7 Å². The molecule has 0 amide bonds. The van der Waals surface area contributed by atoms with Crippen molar-refractivity contribution in [1.29, 1.82) is 0 Å². The van der Waals surface area contributed by atoms with Crippen LogP contribution in [-0.4, -0.2) is 33.3 Å². The van der Waals surface area contributed by atoms with Gasteiger partial charge in [0.1, 0.15) is 7.85 Å². The second-order valence-corrected chi connectivity index (χ2v) is 3.90. The maximum absolute atomic E-state index is 10.9. The van der Waals surface area contributed by atoms with E-state index in [4.69, 9.17) is 13.6 Å². The number of para-hydroxylation sites is 1. The molecule has 3 nitrogen and oxygen atoms in total. The number of hydrogen-bond donors (Lipinski definition) is 1. The number of hydrogen-bond acceptors (Lipinski definition) is 3. The smallest absolute Gasteiger partial charge is 0.152 e. The molecule has 0 aromatic heterocycles. The van der Waals surface area contributed by atoms with Crippen LogP contribution in [0.5, 0.6) is 0 Å². The van der Waals surface area contributed by atoms with Crippen LogP contribution in [0.3, 0.4) is 0 Å². The predicted octanol–water partition coefficient (Wildman–Crippen LogP) is -0.170. The number of carbonyl (C=O) groups excluding carboxylic acids is 1. The number of carbonyl (C=O) groups is 1. The van der Waals surface area contributed by atoms with Gasteiger partial charge in [-0.05, 0) is 12.5 Å². The van der Waals surface area contributed by atoms with Crippen LogP contribution >= 0.6 is 0 Å². The molecule has 1 aliphatic rings. The molecule has 1 aromatic carbocycles. The van der Waals surface area contributed by atoms with Gasteiger partial charge < -0.3 is 10.6 Å². The van der Waals surface area contributed by atoms with Gasteiger partial charge in [-0.3, -0.25) is 4.79 Å². The van der Waals surface area contributed by atoms with Gasteiger partial charge in [0.15, 0.2) is 6.29 Å². The first-order valence-electron chi connectivity index (χ1n) is 5.06. The maximum Gasteiger partial charge on any atom is 0.152 e. The first-order valence-corrected chi connectivity index (χ1v) is 5.06. The highest BCUT2D eigenvalue weighted by Gasteiger charge is 2.22. The minimum atomic E-state index is 0.184. The summed E-state index contributed by atoms with van der Waals surface area (Å²) in [4.78, 5) is 13.0. The van der Waals surface area contributed by atoms with Gasteiger partial charge in [-0.2, -0.15) is 0 Å². The van der Waals surface area contributed by atoms with Crippen LogP contribution in [0.15, 0.2) is 18.2 Å². The molecule has 1 saturated heterocycles. The molecule has 1 heterocycles. The van der Waals surface area contributed by atoms with Gasteiger partial charge in [0.2, 0.25) is 0 Å². The predicted molar refractivity (Wildman–Crippen MR) is 62.0 cm³/mol. The van der Waals surface area contributed by atoms with Gasteiger partial charge in [0.25, 0.3) is 0 Å². The Morgan fingerprint density at radius 3 is 2.93 bits per heavy atom. The highest BCUT2D eigenvalue weighted by molar-refractivity contribution is 6.36. The van der Waals surface area contributed by atoms with E-state index in [1.54, 1.807) is 12.1 Å². The minimum absolute atomic E-state index is 0.184. The molecule has 0 spiro atoms. The highest BCUT2D eigenvalue weighted by atomic mass is 16.1. The zero-order valence-corrected chi connectivity index (χ0v) is 8.52. The quantitative estimate of drug-likeness (QED) is 0.532. The van der Waals surface area contributed by atoms with Crippen LogP contribution < -0.4 is 16.1 Å². The molecule has 2 radical (unpaired) electrons. The minimum Gasteiger partial charge on any atom is -0.370 e. The molecule has 1 atom stereocenters. The van der Waals surface area contributed by atoms with Gasteiger partial charge in [0, 0.05) is 30.4 Å². The van der Waals surface area contributed by atoms with E-state index in [9.17, 15) is 4.79 Å². The fourth-order valence-corrected chi connectivity index (χ4v) is 2.03. The van der Waals surface area contributed by atoms with Gasteiger partial charge in [0.05, 0.1) is 0 Å². The Morgan fingerprint density at radius 1 is 1.53 bits per heavy atom. The van der Waals surface area contributed by atoms with Crippen molar-refractivity contribution in [3.63, 3.8) is 0 Å². The Morgan fingerprint density at radius 2 is 2.33 bits per heavy atom. The molecule has 0 bridgehead atoms. The van der Waals surface area contributed by atoms with Gasteiger partial charge in [-0.1, -0.05) is 17.6 Å².